The zero-order chi connectivity index (χ0) is 15.7. The van der Waals surface area contributed by atoms with E-state index in [0.29, 0.717) is 23.9 Å². The van der Waals surface area contributed by atoms with Crippen LogP contribution in [0, 0.1) is 13.8 Å². The van der Waals surface area contributed by atoms with E-state index >= 15 is 0 Å². The van der Waals surface area contributed by atoms with E-state index < -0.39 is 0 Å². The second kappa shape index (κ2) is 5.81. The minimum Gasteiger partial charge on any atom is -0.482 e. The minimum atomic E-state index is -0.129. The summed E-state index contributed by atoms with van der Waals surface area (Å²) in [5, 5.41) is 6.18. The molecule has 1 atom stereocenters. The van der Waals surface area contributed by atoms with Crippen molar-refractivity contribution in [1.29, 1.82) is 0 Å². The van der Waals surface area contributed by atoms with Gasteiger partial charge in [0, 0.05) is 6.04 Å². The molecule has 0 radical (unpaired) electrons. The maximum absolute atomic E-state index is 11.4. The predicted octanol–water partition coefficient (Wildman–Crippen LogP) is 2.47. The summed E-state index contributed by atoms with van der Waals surface area (Å²) in [6, 6.07) is 5.88. The van der Waals surface area contributed by atoms with Gasteiger partial charge in [-0.3, -0.25) is 4.79 Å². The number of amides is 1. The van der Waals surface area contributed by atoms with Crippen molar-refractivity contribution >= 4 is 11.6 Å². The summed E-state index contributed by atoms with van der Waals surface area (Å²) in [6.07, 6.45) is 0. The van der Waals surface area contributed by atoms with Gasteiger partial charge in [-0.15, -0.1) is 0 Å². The SMILES string of the molecule is Cc1nc(CNC(C)c2ccc3c(c2)NC(=O)CO3)oc1C. The van der Waals surface area contributed by atoms with Crippen LogP contribution in [0.5, 0.6) is 5.75 Å². The molecule has 2 heterocycles. The van der Waals surface area contributed by atoms with Gasteiger partial charge in [-0.05, 0) is 38.5 Å². The third-order valence-electron chi connectivity index (χ3n) is 3.77. The lowest BCUT2D eigenvalue weighted by Crippen LogP contribution is -2.26. The fourth-order valence-electron chi connectivity index (χ4n) is 2.34. The molecule has 116 valence electrons. The van der Waals surface area contributed by atoms with Crippen LogP contribution in [-0.2, 0) is 11.3 Å². The average molecular weight is 301 g/mol. The maximum Gasteiger partial charge on any atom is 0.262 e. The number of hydrogen-bond donors (Lipinski definition) is 2. The van der Waals surface area contributed by atoms with Crippen LogP contribution in [0.4, 0.5) is 5.69 Å². The van der Waals surface area contributed by atoms with Crippen molar-refractivity contribution < 1.29 is 13.9 Å². The summed E-state index contributed by atoms with van der Waals surface area (Å²) < 4.78 is 10.9. The molecule has 6 heteroatoms. The number of nitrogens with zero attached hydrogens (tertiary/aromatic N) is 1. The van der Waals surface area contributed by atoms with E-state index in [-0.39, 0.29) is 18.6 Å². The van der Waals surface area contributed by atoms with Crippen LogP contribution in [0.3, 0.4) is 0 Å². The van der Waals surface area contributed by atoms with Crippen LogP contribution < -0.4 is 15.4 Å². The molecule has 0 fully saturated rings. The molecular formula is C16H19N3O3. The number of oxazole rings is 1. The van der Waals surface area contributed by atoms with E-state index in [4.69, 9.17) is 9.15 Å². The van der Waals surface area contributed by atoms with Crippen LogP contribution in [-0.4, -0.2) is 17.5 Å². The molecule has 1 aromatic carbocycles. The Morgan fingerprint density at radius 3 is 2.95 bits per heavy atom. The molecule has 1 aromatic heterocycles. The third-order valence-corrected chi connectivity index (χ3v) is 3.77. The van der Waals surface area contributed by atoms with Gasteiger partial charge in [0.05, 0.1) is 17.9 Å². The van der Waals surface area contributed by atoms with Gasteiger partial charge in [-0.1, -0.05) is 6.07 Å². The molecule has 1 aliphatic heterocycles. The molecule has 0 saturated carbocycles. The number of fused-ring (bicyclic) bond motifs is 1. The van der Waals surface area contributed by atoms with E-state index in [2.05, 4.69) is 22.5 Å². The second-order valence-electron chi connectivity index (χ2n) is 5.44. The molecule has 22 heavy (non-hydrogen) atoms. The zero-order valence-corrected chi connectivity index (χ0v) is 12.9. The largest absolute Gasteiger partial charge is 0.482 e. The highest BCUT2D eigenvalue weighted by Crippen LogP contribution is 2.30. The Bertz CT molecular complexity index is 689. The Morgan fingerprint density at radius 1 is 1.41 bits per heavy atom. The molecule has 0 bridgehead atoms. The lowest BCUT2D eigenvalue weighted by molar-refractivity contribution is -0.118. The van der Waals surface area contributed by atoms with Crippen molar-refractivity contribution in [2.75, 3.05) is 11.9 Å². The first-order valence-electron chi connectivity index (χ1n) is 7.26. The van der Waals surface area contributed by atoms with Crippen molar-refractivity contribution in [3.05, 3.63) is 41.1 Å². The predicted molar refractivity (Wildman–Crippen MR) is 81.8 cm³/mol. The summed E-state index contributed by atoms with van der Waals surface area (Å²) >= 11 is 0. The summed E-state index contributed by atoms with van der Waals surface area (Å²) in [4.78, 5) is 15.7. The number of carbonyl (C=O) groups excluding carboxylic acids is 1. The zero-order valence-electron chi connectivity index (χ0n) is 12.9. The van der Waals surface area contributed by atoms with E-state index in [9.17, 15) is 4.79 Å². The molecule has 0 spiro atoms. The highest BCUT2D eigenvalue weighted by atomic mass is 16.5. The first-order valence-corrected chi connectivity index (χ1v) is 7.26. The molecule has 1 amide bonds. The molecule has 2 N–H and O–H groups in total. The fourth-order valence-corrected chi connectivity index (χ4v) is 2.34. The number of aryl methyl sites for hydroxylation is 2. The van der Waals surface area contributed by atoms with Crippen LogP contribution in [0.25, 0.3) is 0 Å². The summed E-state index contributed by atoms with van der Waals surface area (Å²) in [6.45, 7) is 6.51. The average Bonchev–Trinajstić information content (AvgIpc) is 2.82. The van der Waals surface area contributed by atoms with E-state index in [1.54, 1.807) is 0 Å². The topological polar surface area (TPSA) is 76.4 Å². The lowest BCUT2D eigenvalue weighted by atomic mass is 10.1. The number of carbonyl (C=O) groups is 1. The number of anilines is 1. The quantitative estimate of drug-likeness (QED) is 0.907. The Morgan fingerprint density at radius 2 is 2.23 bits per heavy atom. The van der Waals surface area contributed by atoms with Crippen molar-refractivity contribution in [1.82, 2.24) is 10.3 Å². The normalized spacial score (nSPS) is 15.0. The van der Waals surface area contributed by atoms with Crippen LogP contribution in [0.15, 0.2) is 22.6 Å². The molecule has 6 nitrogen and oxygen atoms in total. The van der Waals surface area contributed by atoms with Crippen molar-refractivity contribution in [2.45, 2.75) is 33.4 Å². The molecular weight excluding hydrogens is 282 g/mol. The molecule has 2 aromatic rings. The molecule has 1 unspecified atom stereocenters. The van der Waals surface area contributed by atoms with Crippen LogP contribution >= 0.6 is 0 Å². The van der Waals surface area contributed by atoms with Gasteiger partial charge < -0.3 is 19.8 Å². The summed E-state index contributed by atoms with van der Waals surface area (Å²) in [5.41, 5.74) is 2.69. The number of aromatic nitrogens is 1. The minimum absolute atomic E-state index is 0.0724. The van der Waals surface area contributed by atoms with Gasteiger partial charge in [0.1, 0.15) is 11.5 Å². The Balaban J connectivity index is 1.68. The number of ether oxygens (including phenoxy) is 1. The fraction of sp³-hybridized carbons (Fsp3) is 0.375. The third kappa shape index (κ3) is 2.96. The number of nitrogens with one attached hydrogen (secondary N) is 2. The Hall–Kier alpha value is -2.34. The van der Waals surface area contributed by atoms with Crippen molar-refractivity contribution in [2.24, 2.45) is 0 Å². The highest BCUT2D eigenvalue weighted by molar-refractivity contribution is 5.95. The smallest absolute Gasteiger partial charge is 0.262 e. The number of hydrogen-bond acceptors (Lipinski definition) is 5. The lowest BCUT2D eigenvalue weighted by Gasteiger charge is -2.20. The standard InChI is InChI=1S/C16H19N3O3/c1-9-11(3)22-16(18-9)7-17-10(2)12-4-5-14-13(6-12)19-15(20)8-21-14/h4-6,10,17H,7-8H2,1-3H3,(H,19,20). The van der Waals surface area contributed by atoms with Crippen LogP contribution in [0.2, 0.25) is 0 Å². The van der Waals surface area contributed by atoms with Gasteiger partial charge in [0.15, 0.2) is 6.61 Å². The summed E-state index contributed by atoms with van der Waals surface area (Å²) in [7, 11) is 0. The van der Waals surface area contributed by atoms with Crippen molar-refractivity contribution in [3.63, 3.8) is 0 Å². The number of rotatable bonds is 4. The number of benzene rings is 1. The maximum atomic E-state index is 11.4. The first-order chi connectivity index (χ1) is 10.5. The Labute approximate surface area is 128 Å². The van der Waals surface area contributed by atoms with E-state index in [0.717, 1.165) is 17.0 Å². The van der Waals surface area contributed by atoms with Gasteiger partial charge in [-0.2, -0.15) is 0 Å². The first kappa shape index (κ1) is 14.6. The van der Waals surface area contributed by atoms with E-state index in [1.165, 1.54) is 0 Å². The van der Waals surface area contributed by atoms with Gasteiger partial charge >= 0.3 is 0 Å². The Kier molecular flexibility index (Phi) is 3.85. The second-order valence-corrected chi connectivity index (χ2v) is 5.44. The molecule has 0 aliphatic carbocycles. The molecule has 3 rings (SSSR count). The monoisotopic (exact) mass is 301 g/mol. The highest BCUT2D eigenvalue weighted by Gasteiger charge is 2.17. The van der Waals surface area contributed by atoms with Crippen molar-refractivity contribution in [3.8, 4) is 5.75 Å². The van der Waals surface area contributed by atoms with Gasteiger partial charge in [0.2, 0.25) is 5.89 Å². The summed E-state index contributed by atoms with van der Waals surface area (Å²) in [5.74, 6) is 2.10. The van der Waals surface area contributed by atoms with Crippen LogP contribution in [0.1, 0.15) is 35.9 Å². The van der Waals surface area contributed by atoms with Gasteiger partial charge in [0.25, 0.3) is 5.91 Å². The van der Waals surface area contributed by atoms with E-state index in [1.807, 2.05) is 32.0 Å². The molecule has 0 saturated heterocycles. The van der Waals surface area contributed by atoms with Gasteiger partial charge in [-0.25, -0.2) is 4.98 Å². The molecule has 1 aliphatic rings.